The van der Waals surface area contributed by atoms with E-state index in [2.05, 4.69) is 5.32 Å². The Morgan fingerprint density at radius 1 is 1.44 bits per heavy atom. The van der Waals surface area contributed by atoms with E-state index in [-0.39, 0.29) is 12.5 Å². The van der Waals surface area contributed by atoms with E-state index < -0.39 is 18.0 Å². The van der Waals surface area contributed by atoms with Crippen LogP contribution in [0.4, 0.5) is 4.79 Å². The first-order valence-electron chi connectivity index (χ1n) is 5.48. The quantitative estimate of drug-likeness (QED) is 0.710. The van der Waals surface area contributed by atoms with Crippen molar-refractivity contribution in [3.63, 3.8) is 0 Å². The van der Waals surface area contributed by atoms with Gasteiger partial charge in [0.1, 0.15) is 6.04 Å². The highest BCUT2D eigenvalue weighted by Gasteiger charge is 2.32. The lowest BCUT2D eigenvalue weighted by atomic mass is 10.3. The van der Waals surface area contributed by atoms with E-state index in [1.54, 1.807) is 14.1 Å². The second-order valence-corrected chi connectivity index (χ2v) is 5.22. The van der Waals surface area contributed by atoms with E-state index in [4.69, 9.17) is 5.11 Å². The van der Waals surface area contributed by atoms with Gasteiger partial charge in [-0.2, -0.15) is 11.8 Å². The third-order valence-corrected chi connectivity index (χ3v) is 3.59. The predicted molar refractivity (Wildman–Crippen MR) is 67.5 cm³/mol. The fourth-order valence-corrected chi connectivity index (χ4v) is 2.50. The number of thioether (sulfide) groups is 1. The first-order chi connectivity index (χ1) is 8.43. The van der Waals surface area contributed by atoms with Gasteiger partial charge in [-0.15, -0.1) is 0 Å². The molecule has 1 aliphatic rings. The Hall–Kier alpha value is -1.44. The van der Waals surface area contributed by atoms with Crippen molar-refractivity contribution in [2.24, 2.45) is 0 Å². The molecule has 0 spiro atoms. The summed E-state index contributed by atoms with van der Waals surface area (Å²) in [6.07, 6.45) is 0. The Morgan fingerprint density at radius 2 is 2.11 bits per heavy atom. The Morgan fingerprint density at radius 3 is 2.67 bits per heavy atom. The van der Waals surface area contributed by atoms with Crippen molar-refractivity contribution in [1.29, 1.82) is 0 Å². The van der Waals surface area contributed by atoms with Gasteiger partial charge in [0.2, 0.25) is 5.91 Å². The molecule has 0 radical (unpaired) electrons. The van der Waals surface area contributed by atoms with E-state index in [0.717, 1.165) is 0 Å². The van der Waals surface area contributed by atoms with E-state index in [1.165, 1.54) is 21.6 Å². The van der Waals surface area contributed by atoms with Crippen molar-refractivity contribution >= 4 is 29.7 Å². The summed E-state index contributed by atoms with van der Waals surface area (Å²) in [5.41, 5.74) is 0. The van der Waals surface area contributed by atoms with Crippen LogP contribution in [0.1, 0.15) is 0 Å². The average Bonchev–Trinajstić information content (AvgIpc) is 2.35. The van der Waals surface area contributed by atoms with Crippen molar-refractivity contribution in [2.75, 3.05) is 38.7 Å². The van der Waals surface area contributed by atoms with Gasteiger partial charge >= 0.3 is 12.0 Å². The third kappa shape index (κ3) is 3.80. The summed E-state index contributed by atoms with van der Waals surface area (Å²) >= 11 is 1.50. The molecule has 102 valence electrons. The van der Waals surface area contributed by atoms with Crippen LogP contribution in [-0.4, -0.2) is 77.5 Å². The summed E-state index contributed by atoms with van der Waals surface area (Å²) in [5.74, 6) is -0.165. The highest BCUT2D eigenvalue weighted by Crippen LogP contribution is 2.16. The molecule has 1 saturated heterocycles. The van der Waals surface area contributed by atoms with Gasteiger partial charge in [0.05, 0.1) is 6.54 Å². The summed E-state index contributed by atoms with van der Waals surface area (Å²) in [5, 5.41) is 11.5. The van der Waals surface area contributed by atoms with Crippen molar-refractivity contribution in [1.82, 2.24) is 15.1 Å². The van der Waals surface area contributed by atoms with Crippen LogP contribution in [-0.2, 0) is 9.59 Å². The summed E-state index contributed by atoms with van der Waals surface area (Å²) in [6.45, 7) is 0.255. The van der Waals surface area contributed by atoms with Crippen LogP contribution in [0.25, 0.3) is 0 Å². The second-order valence-electron chi connectivity index (χ2n) is 4.07. The minimum atomic E-state index is -1.02. The molecule has 2 N–H and O–H groups in total. The van der Waals surface area contributed by atoms with Crippen molar-refractivity contribution in [3.05, 3.63) is 0 Å². The molecule has 0 bridgehead atoms. The lowest BCUT2D eigenvalue weighted by Crippen LogP contribution is -2.54. The number of nitrogens with zero attached hydrogens (tertiary/aromatic N) is 2. The average molecular weight is 275 g/mol. The molecular formula is C10H17N3O4S. The Kier molecular flexibility index (Phi) is 5.26. The molecule has 0 aromatic rings. The maximum absolute atomic E-state index is 11.8. The van der Waals surface area contributed by atoms with Crippen LogP contribution in [0.2, 0.25) is 0 Å². The summed E-state index contributed by atoms with van der Waals surface area (Å²) in [4.78, 5) is 36.8. The number of urea groups is 1. The molecule has 7 nitrogen and oxygen atoms in total. The molecule has 1 fully saturated rings. The molecule has 8 heteroatoms. The number of hydrogen-bond acceptors (Lipinski definition) is 4. The van der Waals surface area contributed by atoms with Gasteiger partial charge in [-0.1, -0.05) is 0 Å². The summed E-state index contributed by atoms with van der Waals surface area (Å²) < 4.78 is 0. The highest BCUT2D eigenvalue weighted by atomic mass is 32.2. The third-order valence-electron chi connectivity index (χ3n) is 2.56. The Labute approximate surface area is 109 Å². The molecule has 1 heterocycles. The standard InChI is InChI=1S/C10H17N3O4S/c1-12(2)8(14)5-11-10(17)13-3-4-18-6-7(13)9(15)16/h7H,3-6H2,1-2H3,(H,11,17)(H,15,16). The number of nitrogens with one attached hydrogen (secondary N) is 1. The molecule has 3 amide bonds. The number of hydrogen-bond donors (Lipinski definition) is 2. The number of aliphatic carboxylic acids is 1. The zero-order valence-electron chi connectivity index (χ0n) is 10.4. The van der Waals surface area contributed by atoms with Crippen LogP contribution in [0.3, 0.4) is 0 Å². The van der Waals surface area contributed by atoms with E-state index in [1.807, 2.05) is 0 Å². The Balaban J connectivity index is 2.53. The molecule has 0 aromatic heterocycles. The summed E-state index contributed by atoms with van der Waals surface area (Å²) in [6, 6.07) is -1.32. The zero-order chi connectivity index (χ0) is 13.7. The maximum atomic E-state index is 11.8. The van der Waals surface area contributed by atoms with Crippen LogP contribution in [0.5, 0.6) is 0 Å². The fraction of sp³-hybridized carbons (Fsp3) is 0.700. The number of rotatable bonds is 3. The number of amides is 3. The normalized spacial score (nSPS) is 19.2. The SMILES string of the molecule is CN(C)C(=O)CNC(=O)N1CCSCC1C(=O)O. The molecule has 0 aliphatic carbocycles. The van der Waals surface area contributed by atoms with E-state index in [0.29, 0.717) is 18.1 Å². The fourth-order valence-electron chi connectivity index (χ4n) is 1.46. The number of likely N-dealkylation sites (N-methyl/N-ethyl adjacent to an activating group) is 1. The smallest absolute Gasteiger partial charge is 0.327 e. The lowest BCUT2D eigenvalue weighted by Gasteiger charge is -2.32. The highest BCUT2D eigenvalue weighted by molar-refractivity contribution is 7.99. The van der Waals surface area contributed by atoms with Gasteiger partial charge in [0, 0.05) is 32.1 Å². The van der Waals surface area contributed by atoms with Crippen LogP contribution < -0.4 is 5.32 Å². The number of carboxylic acid groups (broad SMARTS) is 1. The molecule has 18 heavy (non-hydrogen) atoms. The molecule has 1 aliphatic heterocycles. The van der Waals surface area contributed by atoms with Gasteiger partial charge < -0.3 is 20.2 Å². The minimum absolute atomic E-state index is 0.123. The van der Waals surface area contributed by atoms with E-state index in [9.17, 15) is 14.4 Å². The first-order valence-corrected chi connectivity index (χ1v) is 6.64. The van der Waals surface area contributed by atoms with Crippen molar-refractivity contribution in [2.45, 2.75) is 6.04 Å². The molecular weight excluding hydrogens is 258 g/mol. The van der Waals surface area contributed by atoms with Gasteiger partial charge in [0.25, 0.3) is 0 Å². The first kappa shape index (κ1) is 14.6. The molecule has 1 atom stereocenters. The predicted octanol–water partition coefficient (Wildman–Crippen LogP) is -0.714. The van der Waals surface area contributed by atoms with Gasteiger partial charge in [0.15, 0.2) is 0 Å². The van der Waals surface area contributed by atoms with Crippen LogP contribution in [0, 0.1) is 0 Å². The van der Waals surface area contributed by atoms with Gasteiger partial charge in [-0.3, -0.25) is 4.79 Å². The zero-order valence-corrected chi connectivity index (χ0v) is 11.2. The topological polar surface area (TPSA) is 90.0 Å². The van der Waals surface area contributed by atoms with Gasteiger partial charge in [-0.25, -0.2) is 9.59 Å². The second kappa shape index (κ2) is 6.48. The Bertz CT molecular complexity index is 348. The van der Waals surface area contributed by atoms with E-state index >= 15 is 0 Å². The maximum Gasteiger partial charge on any atom is 0.327 e. The largest absolute Gasteiger partial charge is 0.480 e. The van der Waals surface area contributed by atoms with Crippen LogP contribution >= 0.6 is 11.8 Å². The molecule has 1 rings (SSSR count). The molecule has 0 aromatic carbocycles. The molecule has 1 unspecified atom stereocenters. The monoisotopic (exact) mass is 275 g/mol. The van der Waals surface area contributed by atoms with Gasteiger partial charge in [-0.05, 0) is 0 Å². The van der Waals surface area contributed by atoms with Crippen molar-refractivity contribution in [3.8, 4) is 0 Å². The number of carboxylic acids is 1. The van der Waals surface area contributed by atoms with Crippen LogP contribution in [0.15, 0.2) is 0 Å². The van der Waals surface area contributed by atoms with Crippen molar-refractivity contribution < 1.29 is 19.5 Å². The minimum Gasteiger partial charge on any atom is -0.480 e. The lowest BCUT2D eigenvalue weighted by molar-refractivity contribution is -0.141. The molecule has 0 saturated carbocycles. The number of carbonyl (C=O) groups is 3. The number of carbonyl (C=O) groups excluding carboxylic acids is 2. The summed E-state index contributed by atoms with van der Waals surface area (Å²) in [7, 11) is 3.18.